The molecule has 0 aliphatic carbocycles. The average molecular weight is 528 g/mol. The maximum absolute atomic E-state index is 13.0. The number of carbonyl (C=O) groups excluding carboxylic acids is 1. The molecule has 204 valence electrons. The summed E-state index contributed by atoms with van der Waals surface area (Å²) in [5.74, 6) is -1.11. The molecule has 0 radical (unpaired) electrons. The maximum Gasteiger partial charge on any atom is 0.408 e. The first-order chi connectivity index (χ1) is 17.0. The summed E-state index contributed by atoms with van der Waals surface area (Å²) in [6.45, 7) is 16.1. The van der Waals surface area contributed by atoms with Gasteiger partial charge < -0.3 is 19.6 Å². The Kier molecular flexibility index (Phi) is 10.1. The van der Waals surface area contributed by atoms with Gasteiger partial charge in [-0.15, -0.1) is 0 Å². The Bertz CT molecular complexity index is 1010. The van der Waals surface area contributed by atoms with Crippen molar-refractivity contribution >= 4 is 20.4 Å². The van der Waals surface area contributed by atoms with Crippen LogP contribution in [-0.4, -0.2) is 42.7 Å². The lowest BCUT2D eigenvalue weighted by atomic mass is 9.84. The molecule has 0 spiro atoms. The van der Waals surface area contributed by atoms with Crippen molar-refractivity contribution in [2.24, 2.45) is 0 Å². The lowest BCUT2D eigenvalue weighted by Gasteiger charge is -2.42. The van der Waals surface area contributed by atoms with Crippen molar-refractivity contribution in [1.29, 1.82) is 0 Å². The van der Waals surface area contributed by atoms with E-state index in [0.29, 0.717) is 6.42 Å². The molecule has 0 aromatic heterocycles. The van der Waals surface area contributed by atoms with Gasteiger partial charge in [0, 0.05) is 18.9 Å². The number of aliphatic carboxylic acids is 1. The van der Waals surface area contributed by atoms with Crippen molar-refractivity contribution in [3.63, 3.8) is 0 Å². The number of rotatable bonds is 11. The highest BCUT2D eigenvalue weighted by Gasteiger charge is 2.46. The highest BCUT2D eigenvalue weighted by Crippen LogP contribution is 2.39. The zero-order valence-electron chi connectivity index (χ0n) is 23.8. The van der Waals surface area contributed by atoms with Crippen LogP contribution in [0.5, 0.6) is 0 Å². The Morgan fingerprint density at radius 1 is 0.892 bits per heavy atom. The zero-order valence-corrected chi connectivity index (χ0v) is 24.8. The van der Waals surface area contributed by atoms with Gasteiger partial charge in [-0.05, 0) is 62.9 Å². The number of alkyl carbamates (subject to hydrolysis) is 1. The van der Waals surface area contributed by atoms with Crippen molar-refractivity contribution < 1.29 is 23.9 Å². The summed E-state index contributed by atoms with van der Waals surface area (Å²) in [5, 5.41) is 13.3. The zero-order chi connectivity index (χ0) is 27.9. The minimum Gasteiger partial charge on any atom is -0.479 e. The number of carboxylic acids is 1. The highest BCUT2D eigenvalue weighted by molar-refractivity contribution is 6.74. The second kappa shape index (κ2) is 12.3. The van der Waals surface area contributed by atoms with E-state index in [0.717, 1.165) is 17.5 Å². The van der Waals surface area contributed by atoms with Crippen LogP contribution in [0.3, 0.4) is 0 Å². The van der Waals surface area contributed by atoms with Crippen LogP contribution >= 0.6 is 0 Å². The number of amides is 1. The summed E-state index contributed by atoms with van der Waals surface area (Å²) < 4.78 is 12.3. The topological polar surface area (TPSA) is 84.9 Å². The quantitative estimate of drug-likeness (QED) is 0.308. The molecule has 2 N–H and O–H groups in total. The largest absolute Gasteiger partial charge is 0.479 e. The van der Waals surface area contributed by atoms with E-state index in [1.807, 2.05) is 48.5 Å². The Morgan fingerprint density at radius 3 is 1.86 bits per heavy atom. The van der Waals surface area contributed by atoms with Gasteiger partial charge in [0.1, 0.15) is 11.1 Å². The fraction of sp³-hybridized carbons (Fsp3) is 0.533. The molecule has 0 fully saturated rings. The minimum atomic E-state index is -2.25. The molecule has 0 unspecified atom stereocenters. The normalized spacial score (nSPS) is 14.9. The number of aryl methyl sites for hydroxylation is 1. The van der Waals surface area contributed by atoms with Crippen molar-refractivity contribution in [2.45, 2.75) is 103 Å². The SMILES string of the molecule is CC(C)(C)OC(=O)N[C@](Cc1ccccc1)(C[C@H](CCc1ccccc1)O[Si](C)(C)C(C)(C)C)C(=O)O. The van der Waals surface area contributed by atoms with Crippen molar-refractivity contribution in [3.8, 4) is 0 Å². The highest BCUT2D eigenvalue weighted by atomic mass is 28.4. The summed E-state index contributed by atoms with van der Waals surface area (Å²) in [4.78, 5) is 25.9. The number of hydrogen-bond donors (Lipinski definition) is 2. The second-order valence-corrected chi connectivity index (χ2v) is 17.2. The van der Waals surface area contributed by atoms with Crippen molar-refractivity contribution in [1.82, 2.24) is 5.32 Å². The van der Waals surface area contributed by atoms with Crippen LogP contribution < -0.4 is 5.32 Å². The summed E-state index contributed by atoms with van der Waals surface area (Å²) in [5.41, 5.74) is -0.385. The second-order valence-electron chi connectivity index (χ2n) is 12.4. The van der Waals surface area contributed by atoms with E-state index in [2.05, 4.69) is 51.3 Å². The number of carbonyl (C=O) groups is 2. The standard InChI is InChI=1S/C30H45NO5Si/c1-28(2,3)35-27(34)31-30(26(32)33,21-24-17-13-10-14-18-24)22-25(36-37(7,8)29(4,5)6)20-19-23-15-11-9-12-16-23/h9-18,25H,19-22H2,1-8H3,(H,31,34)(H,32,33)/t25-,30+/m0/s1. The summed E-state index contributed by atoms with van der Waals surface area (Å²) >= 11 is 0. The molecule has 2 aromatic carbocycles. The molecule has 0 bridgehead atoms. The molecule has 0 saturated heterocycles. The number of nitrogens with one attached hydrogen (secondary N) is 1. The molecule has 2 aromatic rings. The van der Waals surface area contributed by atoms with Crippen molar-refractivity contribution in [3.05, 3.63) is 71.8 Å². The number of benzene rings is 2. The molecule has 6 nitrogen and oxygen atoms in total. The van der Waals surface area contributed by atoms with Gasteiger partial charge in [0.05, 0.1) is 0 Å². The van der Waals surface area contributed by atoms with Crippen LogP contribution in [0.15, 0.2) is 60.7 Å². The predicted octanol–water partition coefficient (Wildman–Crippen LogP) is 6.99. The van der Waals surface area contributed by atoms with Gasteiger partial charge in [-0.2, -0.15) is 0 Å². The van der Waals surface area contributed by atoms with Gasteiger partial charge in [0.15, 0.2) is 8.32 Å². The van der Waals surface area contributed by atoms with Gasteiger partial charge in [0.25, 0.3) is 0 Å². The van der Waals surface area contributed by atoms with Gasteiger partial charge >= 0.3 is 12.1 Å². The Labute approximate surface area is 223 Å². The van der Waals surface area contributed by atoms with Crippen LogP contribution in [0.25, 0.3) is 0 Å². The third-order valence-corrected chi connectivity index (χ3v) is 11.5. The lowest BCUT2D eigenvalue weighted by molar-refractivity contribution is -0.146. The molecule has 0 saturated carbocycles. The fourth-order valence-electron chi connectivity index (χ4n) is 3.98. The van der Waals surface area contributed by atoms with E-state index in [4.69, 9.17) is 9.16 Å². The van der Waals surface area contributed by atoms with Crippen molar-refractivity contribution in [2.75, 3.05) is 0 Å². The first-order valence-corrected chi connectivity index (χ1v) is 15.9. The molecule has 37 heavy (non-hydrogen) atoms. The van der Waals surface area contributed by atoms with E-state index in [1.54, 1.807) is 20.8 Å². The molecule has 0 aliphatic rings. The van der Waals surface area contributed by atoms with Crippen LogP contribution in [0.1, 0.15) is 65.5 Å². The third-order valence-electron chi connectivity index (χ3n) is 6.94. The van der Waals surface area contributed by atoms with Crippen LogP contribution in [0.4, 0.5) is 4.79 Å². The summed E-state index contributed by atoms with van der Waals surface area (Å²) in [7, 11) is -2.25. The van der Waals surface area contributed by atoms with Crippen LogP contribution in [-0.2, 0) is 26.8 Å². The smallest absolute Gasteiger partial charge is 0.408 e. The molecular formula is C30H45NO5Si. The minimum absolute atomic E-state index is 0.0537. The lowest BCUT2D eigenvalue weighted by Crippen LogP contribution is -2.59. The van der Waals surface area contributed by atoms with Gasteiger partial charge in [-0.25, -0.2) is 9.59 Å². The third kappa shape index (κ3) is 9.63. The van der Waals surface area contributed by atoms with Crippen LogP contribution in [0.2, 0.25) is 18.1 Å². The number of hydrogen-bond acceptors (Lipinski definition) is 4. The van der Waals surface area contributed by atoms with Crippen LogP contribution in [0, 0.1) is 0 Å². The maximum atomic E-state index is 13.0. The van der Waals surface area contributed by atoms with E-state index in [1.165, 1.54) is 0 Å². The number of carboxylic acid groups (broad SMARTS) is 1. The first-order valence-electron chi connectivity index (χ1n) is 13.0. The van der Waals surface area contributed by atoms with E-state index in [-0.39, 0.29) is 24.0 Å². The molecular weight excluding hydrogens is 482 g/mol. The molecule has 0 heterocycles. The molecule has 1 amide bonds. The Hall–Kier alpha value is -2.64. The fourth-order valence-corrected chi connectivity index (χ4v) is 5.37. The van der Waals surface area contributed by atoms with Gasteiger partial charge in [0.2, 0.25) is 0 Å². The van der Waals surface area contributed by atoms with E-state index < -0.39 is 31.5 Å². The molecule has 7 heteroatoms. The average Bonchev–Trinajstić information content (AvgIpc) is 2.76. The Balaban J connectivity index is 2.47. The summed E-state index contributed by atoms with van der Waals surface area (Å²) in [6.07, 6.45) is 0.487. The number of ether oxygens (including phenoxy) is 1. The molecule has 2 rings (SSSR count). The first kappa shape index (κ1) is 30.6. The van der Waals surface area contributed by atoms with E-state index in [9.17, 15) is 14.7 Å². The summed E-state index contributed by atoms with van der Waals surface area (Å²) in [6, 6.07) is 19.5. The molecule has 0 aliphatic heterocycles. The predicted molar refractivity (Wildman–Crippen MR) is 151 cm³/mol. The Morgan fingerprint density at radius 2 is 1.41 bits per heavy atom. The monoisotopic (exact) mass is 527 g/mol. The van der Waals surface area contributed by atoms with Gasteiger partial charge in [-0.1, -0.05) is 81.4 Å². The molecule has 2 atom stereocenters. The van der Waals surface area contributed by atoms with Gasteiger partial charge in [-0.3, -0.25) is 0 Å². The van der Waals surface area contributed by atoms with E-state index >= 15 is 0 Å².